The second kappa shape index (κ2) is 8.57. The van der Waals surface area contributed by atoms with Crippen LogP contribution in [0, 0.1) is 0 Å². The van der Waals surface area contributed by atoms with Gasteiger partial charge in [-0.1, -0.05) is 13.0 Å². The van der Waals surface area contributed by atoms with E-state index in [-0.39, 0.29) is 0 Å². The molecule has 0 aliphatic rings. The first-order valence-corrected chi connectivity index (χ1v) is 9.28. The second-order valence-electron chi connectivity index (χ2n) is 5.54. The SMILES string of the molecule is CCc1cnc(CCNC(=NC)NCCc2nnc3ccccn23)s1. The summed E-state index contributed by atoms with van der Waals surface area (Å²) in [7, 11) is 1.78. The van der Waals surface area contributed by atoms with Crippen LogP contribution in [-0.4, -0.2) is 45.7 Å². The molecule has 3 heterocycles. The summed E-state index contributed by atoms with van der Waals surface area (Å²) < 4.78 is 2.01. The fourth-order valence-corrected chi connectivity index (χ4v) is 3.35. The van der Waals surface area contributed by atoms with Crippen LogP contribution < -0.4 is 10.6 Å². The van der Waals surface area contributed by atoms with E-state index in [4.69, 9.17) is 0 Å². The number of rotatable bonds is 7. The van der Waals surface area contributed by atoms with E-state index in [0.29, 0.717) is 0 Å². The van der Waals surface area contributed by atoms with Gasteiger partial charge in [-0.3, -0.25) is 9.39 Å². The zero-order chi connectivity index (χ0) is 17.5. The second-order valence-corrected chi connectivity index (χ2v) is 6.74. The minimum Gasteiger partial charge on any atom is -0.356 e. The molecule has 132 valence electrons. The first-order chi connectivity index (χ1) is 12.3. The molecular formula is C17H23N7S. The Labute approximate surface area is 151 Å². The van der Waals surface area contributed by atoms with E-state index in [0.717, 1.165) is 54.8 Å². The Balaban J connectivity index is 1.43. The number of aromatic nitrogens is 4. The molecule has 0 amide bonds. The molecule has 0 saturated carbocycles. The first-order valence-electron chi connectivity index (χ1n) is 8.47. The summed E-state index contributed by atoms with van der Waals surface area (Å²) in [6.45, 7) is 3.71. The van der Waals surface area contributed by atoms with E-state index in [9.17, 15) is 0 Å². The monoisotopic (exact) mass is 357 g/mol. The zero-order valence-corrected chi connectivity index (χ0v) is 15.4. The van der Waals surface area contributed by atoms with E-state index in [1.165, 1.54) is 4.88 Å². The molecular weight excluding hydrogens is 334 g/mol. The summed E-state index contributed by atoms with van der Waals surface area (Å²) in [6.07, 6.45) is 6.68. The van der Waals surface area contributed by atoms with Crippen LogP contribution in [0.2, 0.25) is 0 Å². The largest absolute Gasteiger partial charge is 0.356 e. The summed E-state index contributed by atoms with van der Waals surface area (Å²) >= 11 is 1.78. The maximum Gasteiger partial charge on any atom is 0.191 e. The predicted molar refractivity (Wildman–Crippen MR) is 101 cm³/mol. The van der Waals surface area contributed by atoms with E-state index in [2.05, 4.69) is 37.7 Å². The molecule has 2 N–H and O–H groups in total. The lowest BCUT2D eigenvalue weighted by atomic mass is 10.4. The number of hydrogen-bond acceptors (Lipinski definition) is 5. The Bertz CT molecular complexity index is 836. The first kappa shape index (κ1) is 17.3. The fraction of sp³-hybridized carbons (Fsp3) is 0.412. The van der Waals surface area contributed by atoms with Crippen LogP contribution in [0.4, 0.5) is 0 Å². The standard InChI is InChI=1S/C17H23N7S/c1-3-13-12-21-16(25-13)8-10-20-17(18-2)19-9-7-15-23-22-14-6-4-5-11-24(14)15/h4-6,11-12H,3,7-10H2,1-2H3,(H2,18,19,20). The summed E-state index contributed by atoms with van der Waals surface area (Å²) in [6, 6.07) is 5.90. The van der Waals surface area contributed by atoms with Gasteiger partial charge in [0.1, 0.15) is 5.82 Å². The molecule has 0 aliphatic heterocycles. The molecule has 0 radical (unpaired) electrons. The van der Waals surface area contributed by atoms with Crippen molar-refractivity contribution in [2.24, 2.45) is 4.99 Å². The topological polar surface area (TPSA) is 79.5 Å². The molecule has 3 aromatic heterocycles. The van der Waals surface area contributed by atoms with Gasteiger partial charge in [-0.2, -0.15) is 0 Å². The fourth-order valence-electron chi connectivity index (χ4n) is 2.49. The van der Waals surface area contributed by atoms with Crippen molar-refractivity contribution >= 4 is 22.9 Å². The van der Waals surface area contributed by atoms with Crippen LogP contribution in [0.5, 0.6) is 0 Å². The molecule has 7 nitrogen and oxygen atoms in total. The maximum atomic E-state index is 4.43. The highest BCUT2D eigenvalue weighted by atomic mass is 32.1. The van der Waals surface area contributed by atoms with Crippen LogP contribution in [0.1, 0.15) is 22.6 Å². The molecule has 3 rings (SSSR count). The number of aryl methyl sites for hydroxylation is 1. The van der Waals surface area contributed by atoms with Gasteiger partial charge in [-0.15, -0.1) is 21.5 Å². The Hall–Kier alpha value is -2.48. The average molecular weight is 357 g/mol. The normalized spacial score (nSPS) is 11.8. The van der Waals surface area contributed by atoms with Crippen molar-refractivity contribution in [3.8, 4) is 0 Å². The van der Waals surface area contributed by atoms with Crippen molar-refractivity contribution in [1.82, 2.24) is 30.2 Å². The van der Waals surface area contributed by atoms with Gasteiger partial charge < -0.3 is 10.6 Å². The zero-order valence-electron chi connectivity index (χ0n) is 14.6. The van der Waals surface area contributed by atoms with Gasteiger partial charge in [0.05, 0.1) is 5.01 Å². The van der Waals surface area contributed by atoms with E-state index in [1.54, 1.807) is 18.4 Å². The Morgan fingerprint density at radius 1 is 1.20 bits per heavy atom. The highest BCUT2D eigenvalue weighted by Gasteiger charge is 2.05. The lowest BCUT2D eigenvalue weighted by Crippen LogP contribution is -2.39. The Morgan fingerprint density at radius 3 is 2.80 bits per heavy atom. The smallest absolute Gasteiger partial charge is 0.191 e. The van der Waals surface area contributed by atoms with Gasteiger partial charge in [0.2, 0.25) is 0 Å². The van der Waals surface area contributed by atoms with Gasteiger partial charge in [0.15, 0.2) is 11.6 Å². The van der Waals surface area contributed by atoms with Gasteiger partial charge in [0.25, 0.3) is 0 Å². The Kier molecular flexibility index (Phi) is 5.95. The number of pyridine rings is 1. The predicted octanol–water partition coefficient (Wildman–Crippen LogP) is 1.70. The number of guanidine groups is 1. The molecule has 0 saturated heterocycles. The summed E-state index contributed by atoms with van der Waals surface area (Å²) in [5, 5.41) is 16.2. The minimum atomic E-state index is 0.743. The third-order valence-electron chi connectivity index (χ3n) is 3.83. The number of hydrogen-bond donors (Lipinski definition) is 2. The highest BCUT2D eigenvalue weighted by molar-refractivity contribution is 7.11. The van der Waals surface area contributed by atoms with Gasteiger partial charge in [0, 0.05) is 50.2 Å². The molecule has 0 unspecified atom stereocenters. The van der Waals surface area contributed by atoms with E-state index >= 15 is 0 Å². The maximum absolute atomic E-state index is 4.43. The quantitative estimate of drug-likeness (QED) is 0.497. The van der Waals surface area contributed by atoms with Crippen molar-refractivity contribution in [3.05, 3.63) is 46.3 Å². The van der Waals surface area contributed by atoms with Gasteiger partial charge in [-0.05, 0) is 18.6 Å². The average Bonchev–Trinajstić information content (AvgIpc) is 3.27. The van der Waals surface area contributed by atoms with Gasteiger partial charge in [-0.25, -0.2) is 4.98 Å². The third-order valence-corrected chi connectivity index (χ3v) is 5.03. The van der Waals surface area contributed by atoms with Gasteiger partial charge >= 0.3 is 0 Å². The van der Waals surface area contributed by atoms with E-state index < -0.39 is 0 Å². The summed E-state index contributed by atoms with van der Waals surface area (Å²) in [5.41, 5.74) is 0.870. The minimum absolute atomic E-state index is 0.743. The molecule has 0 spiro atoms. The number of nitrogens with zero attached hydrogens (tertiary/aromatic N) is 5. The molecule has 0 atom stereocenters. The summed E-state index contributed by atoms with van der Waals surface area (Å²) in [4.78, 5) is 10.0. The van der Waals surface area contributed by atoms with Crippen LogP contribution in [-0.2, 0) is 19.3 Å². The molecule has 0 aliphatic carbocycles. The Morgan fingerprint density at radius 2 is 2.04 bits per heavy atom. The molecule has 0 bridgehead atoms. The molecule has 0 aromatic carbocycles. The van der Waals surface area contributed by atoms with E-state index in [1.807, 2.05) is 35.0 Å². The van der Waals surface area contributed by atoms with Crippen LogP contribution in [0.15, 0.2) is 35.6 Å². The van der Waals surface area contributed by atoms with Crippen LogP contribution >= 0.6 is 11.3 Å². The lowest BCUT2D eigenvalue weighted by molar-refractivity contribution is 0.755. The third kappa shape index (κ3) is 4.54. The molecule has 0 fully saturated rings. The van der Waals surface area contributed by atoms with Crippen molar-refractivity contribution in [2.45, 2.75) is 26.2 Å². The molecule has 25 heavy (non-hydrogen) atoms. The summed E-state index contributed by atoms with van der Waals surface area (Å²) in [5.74, 6) is 1.73. The lowest BCUT2D eigenvalue weighted by Gasteiger charge is -2.10. The molecule has 3 aromatic rings. The number of thiazole rings is 1. The highest BCUT2D eigenvalue weighted by Crippen LogP contribution is 2.13. The van der Waals surface area contributed by atoms with Crippen LogP contribution in [0.25, 0.3) is 5.65 Å². The van der Waals surface area contributed by atoms with Crippen molar-refractivity contribution < 1.29 is 0 Å². The van der Waals surface area contributed by atoms with Crippen molar-refractivity contribution in [3.63, 3.8) is 0 Å². The number of fused-ring (bicyclic) bond motifs is 1. The number of nitrogens with one attached hydrogen (secondary N) is 2. The van der Waals surface area contributed by atoms with Crippen molar-refractivity contribution in [1.29, 1.82) is 0 Å². The number of aliphatic imine (C=N–C) groups is 1. The van der Waals surface area contributed by atoms with Crippen LogP contribution in [0.3, 0.4) is 0 Å². The molecule has 8 heteroatoms. The van der Waals surface area contributed by atoms with Crippen molar-refractivity contribution in [2.75, 3.05) is 20.1 Å².